The molecule has 6 nitrogen and oxygen atoms in total. The minimum absolute atomic E-state index is 0.0683. The number of H-pyrrole nitrogens is 1. The molecular weight excluding hydrogens is 390 g/mol. The van der Waals surface area contributed by atoms with E-state index in [2.05, 4.69) is 20.2 Å². The first-order valence-electron chi connectivity index (χ1n) is 8.61. The van der Waals surface area contributed by atoms with E-state index < -0.39 is 0 Å². The van der Waals surface area contributed by atoms with Crippen LogP contribution in [0.3, 0.4) is 0 Å². The smallest absolute Gasteiger partial charge is 0.230 e. The Morgan fingerprint density at radius 3 is 2.50 bits per heavy atom. The normalized spacial score (nSPS) is 10.8. The molecule has 0 aliphatic rings. The quantitative estimate of drug-likeness (QED) is 0.460. The Morgan fingerprint density at radius 2 is 1.79 bits per heavy atom. The highest BCUT2D eigenvalue weighted by atomic mass is 32.2. The zero-order valence-corrected chi connectivity index (χ0v) is 16.7. The van der Waals surface area contributed by atoms with Gasteiger partial charge < -0.3 is 0 Å². The number of benzene rings is 2. The van der Waals surface area contributed by atoms with Crippen LogP contribution in [0.5, 0.6) is 0 Å². The summed E-state index contributed by atoms with van der Waals surface area (Å²) in [5.41, 5.74) is 2.70. The Morgan fingerprint density at radius 1 is 1.07 bits per heavy atom. The molecule has 140 valence electrons. The molecule has 2 heterocycles. The van der Waals surface area contributed by atoms with Gasteiger partial charge in [0.2, 0.25) is 11.1 Å². The maximum absolute atomic E-state index is 12.1. The average Bonchev–Trinajstić information content (AvgIpc) is 3.38. The van der Waals surface area contributed by atoms with Gasteiger partial charge in [-0.2, -0.15) is 0 Å². The molecule has 0 saturated heterocycles. The minimum atomic E-state index is -0.0683. The number of hydrogen-bond acceptors (Lipinski definition) is 6. The van der Waals surface area contributed by atoms with E-state index in [1.807, 2.05) is 66.0 Å². The van der Waals surface area contributed by atoms with Crippen molar-refractivity contribution in [2.45, 2.75) is 17.8 Å². The number of nitrogens with one attached hydrogen (secondary N) is 1. The summed E-state index contributed by atoms with van der Waals surface area (Å²) < 4.78 is 0. The van der Waals surface area contributed by atoms with Crippen molar-refractivity contribution in [3.05, 3.63) is 71.7 Å². The third kappa shape index (κ3) is 4.13. The molecule has 1 amide bonds. The van der Waals surface area contributed by atoms with E-state index in [4.69, 9.17) is 0 Å². The van der Waals surface area contributed by atoms with Gasteiger partial charge in [0.15, 0.2) is 11.0 Å². The van der Waals surface area contributed by atoms with Gasteiger partial charge >= 0.3 is 0 Å². The Kier molecular flexibility index (Phi) is 5.50. The number of aromatic amines is 1. The highest BCUT2D eigenvalue weighted by molar-refractivity contribution is 7.98. The maximum Gasteiger partial charge on any atom is 0.230 e. The SMILES string of the molecule is CC(=O)N(c1ccccc1)c1nc(CSc2n[nH]c(-c3ccccc3)n2)cs1. The molecule has 0 radical (unpaired) electrons. The molecule has 0 fully saturated rings. The standard InChI is InChI=1S/C20H17N5OS2/c1-14(26)25(17-10-6-3-7-11-17)20-21-16(13-28-20)12-27-19-22-18(23-24-19)15-8-4-2-5-9-15/h2-11,13H,12H2,1H3,(H,22,23,24). The molecule has 0 aliphatic heterocycles. The van der Waals surface area contributed by atoms with Crippen LogP contribution in [0.4, 0.5) is 10.8 Å². The number of carbonyl (C=O) groups excluding carboxylic acids is 1. The van der Waals surface area contributed by atoms with Crippen molar-refractivity contribution in [3.63, 3.8) is 0 Å². The molecule has 0 atom stereocenters. The van der Waals surface area contributed by atoms with Crippen molar-refractivity contribution in [2.24, 2.45) is 0 Å². The van der Waals surface area contributed by atoms with E-state index in [1.54, 1.807) is 11.8 Å². The predicted molar refractivity (Wildman–Crippen MR) is 113 cm³/mol. The number of hydrogen-bond donors (Lipinski definition) is 1. The summed E-state index contributed by atoms with van der Waals surface area (Å²) >= 11 is 2.96. The molecule has 4 rings (SSSR count). The second-order valence-corrected chi connectivity index (χ2v) is 7.71. The van der Waals surface area contributed by atoms with Gasteiger partial charge in [0, 0.05) is 23.6 Å². The van der Waals surface area contributed by atoms with Gasteiger partial charge in [-0.1, -0.05) is 60.3 Å². The van der Waals surface area contributed by atoms with Crippen LogP contribution in [0.25, 0.3) is 11.4 Å². The Hall–Kier alpha value is -2.97. The van der Waals surface area contributed by atoms with Gasteiger partial charge in [0.05, 0.1) is 11.4 Å². The summed E-state index contributed by atoms with van der Waals surface area (Å²) in [5, 5.41) is 10.5. The van der Waals surface area contributed by atoms with Crippen molar-refractivity contribution >= 4 is 39.8 Å². The van der Waals surface area contributed by atoms with Crippen LogP contribution in [0, 0.1) is 0 Å². The van der Waals surface area contributed by atoms with Crippen LogP contribution in [-0.2, 0) is 10.5 Å². The molecule has 28 heavy (non-hydrogen) atoms. The van der Waals surface area contributed by atoms with Gasteiger partial charge in [-0.05, 0) is 12.1 Å². The molecule has 8 heteroatoms. The number of amides is 1. The molecule has 4 aromatic rings. The van der Waals surface area contributed by atoms with Crippen LogP contribution in [0.1, 0.15) is 12.6 Å². The van der Waals surface area contributed by atoms with Crippen LogP contribution in [-0.4, -0.2) is 26.1 Å². The van der Waals surface area contributed by atoms with Crippen LogP contribution in [0.2, 0.25) is 0 Å². The van der Waals surface area contributed by atoms with Crippen molar-refractivity contribution in [2.75, 3.05) is 4.90 Å². The molecular formula is C20H17N5OS2. The molecule has 1 N–H and O–H groups in total. The lowest BCUT2D eigenvalue weighted by molar-refractivity contribution is -0.115. The lowest BCUT2D eigenvalue weighted by Crippen LogP contribution is -2.22. The molecule has 2 aromatic carbocycles. The molecule has 2 aromatic heterocycles. The molecule has 0 saturated carbocycles. The van der Waals surface area contributed by atoms with Gasteiger partial charge in [-0.3, -0.25) is 14.8 Å². The molecule has 0 aliphatic carbocycles. The average molecular weight is 408 g/mol. The maximum atomic E-state index is 12.1. The number of carbonyl (C=O) groups is 1. The molecule has 0 unspecified atom stereocenters. The lowest BCUT2D eigenvalue weighted by Gasteiger charge is -2.17. The minimum Gasteiger partial charge on any atom is -0.274 e. The number of nitrogens with zero attached hydrogens (tertiary/aromatic N) is 4. The van der Waals surface area contributed by atoms with E-state index in [1.165, 1.54) is 23.1 Å². The third-order valence-electron chi connectivity index (χ3n) is 3.92. The molecule has 0 spiro atoms. The van der Waals surface area contributed by atoms with Crippen molar-refractivity contribution < 1.29 is 4.79 Å². The second kappa shape index (κ2) is 8.37. The first-order valence-corrected chi connectivity index (χ1v) is 10.5. The number of thiazole rings is 1. The highest BCUT2D eigenvalue weighted by Crippen LogP contribution is 2.30. The second-order valence-electron chi connectivity index (χ2n) is 5.93. The Bertz CT molecular complexity index is 1060. The summed E-state index contributed by atoms with van der Waals surface area (Å²) in [6, 6.07) is 19.4. The fourth-order valence-electron chi connectivity index (χ4n) is 2.64. The first kappa shape index (κ1) is 18.4. The zero-order valence-electron chi connectivity index (χ0n) is 15.1. The summed E-state index contributed by atoms with van der Waals surface area (Å²) in [7, 11) is 0. The van der Waals surface area contributed by atoms with Gasteiger partial charge in [-0.25, -0.2) is 9.97 Å². The lowest BCUT2D eigenvalue weighted by atomic mass is 10.2. The van der Waals surface area contributed by atoms with Gasteiger partial charge in [0.25, 0.3) is 0 Å². The fraction of sp³-hybridized carbons (Fsp3) is 0.100. The van der Waals surface area contributed by atoms with E-state index in [9.17, 15) is 4.79 Å². The number of thioether (sulfide) groups is 1. The van der Waals surface area contributed by atoms with E-state index >= 15 is 0 Å². The largest absolute Gasteiger partial charge is 0.274 e. The summed E-state index contributed by atoms with van der Waals surface area (Å²) in [6.07, 6.45) is 0. The van der Waals surface area contributed by atoms with Crippen LogP contribution >= 0.6 is 23.1 Å². The Balaban J connectivity index is 1.45. The topological polar surface area (TPSA) is 74.8 Å². The van der Waals surface area contributed by atoms with Gasteiger partial charge in [0.1, 0.15) is 0 Å². The number of anilines is 2. The van der Waals surface area contributed by atoms with E-state index in [-0.39, 0.29) is 5.91 Å². The number of aromatic nitrogens is 4. The third-order valence-corrected chi connectivity index (χ3v) is 5.68. The number of rotatable bonds is 6. The number of para-hydroxylation sites is 1. The fourth-order valence-corrected chi connectivity index (χ4v) is 4.33. The predicted octanol–water partition coefficient (Wildman–Crippen LogP) is 4.91. The van der Waals surface area contributed by atoms with Gasteiger partial charge in [-0.15, -0.1) is 16.4 Å². The summed E-state index contributed by atoms with van der Waals surface area (Å²) in [4.78, 5) is 22.9. The Labute approximate surface area is 170 Å². The van der Waals surface area contributed by atoms with Crippen LogP contribution in [0.15, 0.2) is 71.2 Å². The van der Waals surface area contributed by atoms with E-state index in [0.29, 0.717) is 16.0 Å². The molecule has 0 bridgehead atoms. The zero-order chi connectivity index (χ0) is 19.3. The van der Waals surface area contributed by atoms with Crippen molar-refractivity contribution in [1.29, 1.82) is 0 Å². The van der Waals surface area contributed by atoms with Crippen LogP contribution < -0.4 is 4.90 Å². The monoisotopic (exact) mass is 407 g/mol. The summed E-state index contributed by atoms with van der Waals surface area (Å²) in [6.45, 7) is 1.54. The van der Waals surface area contributed by atoms with E-state index in [0.717, 1.165) is 22.8 Å². The first-order chi connectivity index (χ1) is 13.7. The highest BCUT2D eigenvalue weighted by Gasteiger charge is 2.18. The summed E-state index contributed by atoms with van der Waals surface area (Å²) in [5.74, 6) is 1.30. The van der Waals surface area contributed by atoms with Crippen molar-refractivity contribution in [3.8, 4) is 11.4 Å². The van der Waals surface area contributed by atoms with Crippen molar-refractivity contribution in [1.82, 2.24) is 20.2 Å².